The second kappa shape index (κ2) is 9.02. The summed E-state index contributed by atoms with van der Waals surface area (Å²) < 4.78 is 33.0. The minimum absolute atomic E-state index is 0.0104. The standard InChI is InChI=1S/C27H30N2O5S/c1-17(23-9-5-6-14-28-23)22-16-34-24-15-18(10-11-21(24)25(22)30)19-7-3-4-8-20(19)26(31)29-35(32,33)27(2)12-13-27/h3-11,14-15,17,22,25-26,29-31H,12-13,16H2,1-2H3/t17?,22-,25?,26?/m0/s1. The molecule has 2 heterocycles. The van der Waals surface area contributed by atoms with Crippen molar-refractivity contribution in [2.45, 2.75) is 49.7 Å². The van der Waals surface area contributed by atoms with Crippen molar-refractivity contribution in [2.24, 2.45) is 5.92 Å². The molecule has 184 valence electrons. The first-order chi connectivity index (χ1) is 16.7. The highest BCUT2D eigenvalue weighted by Gasteiger charge is 2.50. The van der Waals surface area contributed by atoms with Crippen molar-refractivity contribution in [1.82, 2.24) is 9.71 Å². The lowest BCUT2D eigenvalue weighted by Crippen LogP contribution is -2.36. The number of aliphatic hydroxyl groups excluding tert-OH is 2. The lowest BCUT2D eigenvalue weighted by atomic mass is 9.81. The molecule has 7 nitrogen and oxygen atoms in total. The SMILES string of the molecule is CC(c1ccccn1)[C@@H]1COc2cc(-c3ccccc3C(O)NS(=O)(=O)C3(C)CC3)ccc2C1O. The van der Waals surface area contributed by atoms with Gasteiger partial charge in [-0.1, -0.05) is 49.4 Å². The molecule has 0 saturated heterocycles. The molecule has 0 amide bonds. The van der Waals surface area contributed by atoms with Crippen LogP contribution >= 0.6 is 0 Å². The molecule has 3 unspecified atom stereocenters. The summed E-state index contributed by atoms with van der Waals surface area (Å²) in [6.07, 6.45) is 0.831. The van der Waals surface area contributed by atoms with Crippen LogP contribution in [0.2, 0.25) is 0 Å². The van der Waals surface area contributed by atoms with E-state index in [1.54, 1.807) is 25.3 Å². The summed E-state index contributed by atoms with van der Waals surface area (Å²) in [5.74, 6) is 0.446. The van der Waals surface area contributed by atoms with Gasteiger partial charge in [0.15, 0.2) is 0 Å². The van der Waals surface area contributed by atoms with Gasteiger partial charge in [-0.2, -0.15) is 4.72 Å². The third-order valence-corrected chi connectivity index (χ3v) is 9.64. The maximum Gasteiger partial charge on any atom is 0.219 e. The first-order valence-electron chi connectivity index (χ1n) is 11.9. The normalized spacial score (nSPS) is 22.5. The Balaban J connectivity index is 1.41. The van der Waals surface area contributed by atoms with Gasteiger partial charge in [0.2, 0.25) is 10.0 Å². The fourth-order valence-electron chi connectivity index (χ4n) is 4.66. The van der Waals surface area contributed by atoms with Crippen molar-refractivity contribution < 1.29 is 23.4 Å². The Labute approximate surface area is 205 Å². The smallest absolute Gasteiger partial charge is 0.219 e. The van der Waals surface area contributed by atoms with Gasteiger partial charge in [0, 0.05) is 34.9 Å². The number of pyridine rings is 1. The Morgan fingerprint density at radius 3 is 2.57 bits per heavy atom. The van der Waals surface area contributed by atoms with Gasteiger partial charge in [-0.15, -0.1) is 0 Å². The van der Waals surface area contributed by atoms with Crippen LogP contribution < -0.4 is 9.46 Å². The Hall–Kier alpha value is -2.78. The fourth-order valence-corrected chi connectivity index (χ4v) is 6.00. The van der Waals surface area contributed by atoms with Crippen LogP contribution in [-0.4, -0.2) is 35.0 Å². The molecular formula is C27H30N2O5S. The minimum Gasteiger partial charge on any atom is -0.493 e. The Kier molecular flexibility index (Phi) is 6.17. The summed E-state index contributed by atoms with van der Waals surface area (Å²) in [6, 6.07) is 18.4. The molecule has 0 radical (unpaired) electrons. The lowest BCUT2D eigenvalue weighted by Gasteiger charge is -2.34. The van der Waals surface area contributed by atoms with Crippen molar-refractivity contribution in [3.63, 3.8) is 0 Å². The predicted octanol–water partition coefficient (Wildman–Crippen LogP) is 4.06. The summed E-state index contributed by atoms with van der Waals surface area (Å²) >= 11 is 0. The molecule has 2 aromatic carbocycles. The Morgan fingerprint density at radius 2 is 1.86 bits per heavy atom. The van der Waals surface area contributed by atoms with Crippen molar-refractivity contribution in [3.05, 3.63) is 83.7 Å². The first kappa shape index (κ1) is 23.9. The molecule has 2 aliphatic rings. The van der Waals surface area contributed by atoms with Crippen LogP contribution in [0.1, 0.15) is 61.8 Å². The van der Waals surface area contributed by atoms with Gasteiger partial charge in [-0.25, -0.2) is 8.42 Å². The first-order valence-corrected chi connectivity index (χ1v) is 13.3. The van der Waals surface area contributed by atoms with E-state index in [0.717, 1.165) is 11.3 Å². The van der Waals surface area contributed by atoms with E-state index in [1.807, 2.05) is 55.5 Å². The molecule has 0 spiro atoms. The zero-order valence-corrected chi connectivity index (χ0v) is 20.6. The van der Waals surface area contributed by atoms with Crippen LogP contribution in [0.5, 0.6) is 5.75 Å². The molecule has 8 heteroatoms. The maximum atomic E-state index is 12.6. The van der Waals surface area contributed by atoms with Gasteiger partial charge in [0.25, 0.3) is 0 Å². The third kappa shape index (κ3) is 4.47. The molecule has 1 aliphatic heterocycles. The van der Waals surface area contributed by atoms with Crippen LogP contribution in [0.25, 0.3) is 11.1 Å². The van der Waals surface area contributed by atoms with Gasteiger partial charge >= 0.3 is 0 Å². The van der Waals surface area contributed by atoms with Gasteiger partial charge in [0.1, 0.15) is 12.0 Å². The van der Waals surface area contributed by atoms with E-state index in [-0.39, 0.29) is 11.8 Å². The number of benzene rings is 2. The number of nitrogens with zero attached hydrogens (tertiary/aromatic N) is 1. The monoisotopic (exact) mass is 494 g/mol. The van der Waals surface area contributed by atoms with Crippen molar-refractivity contribution in [2.75, 3.05) is 6.61 Å². The van der Waals surface area contributed by atoms with Crippen LogP contribution in [0, 0.1) is 5.92 Å². The zero-order valence-electron chi connectivity index (χ0n) is 19.8. The van der Waals surface area contributed by atoms with Crippen LogP contribution in [-0.2, 0) is 10.0 Å². The molecule has 0 bridgehead atoms. The largest absolute Gasteiger partial charge is 0.493 e. The number of ether oxygens (including phenoxy) is 1. The number of hydrogen-bond donors (Lipinski definition) is 3. The number of rotatable bonds is 7. The van der Waals surface area contributed by atoms with E-state index in [2.05, 4.69) is 9.71 Å². The highest BCUT2D eigenvalue weighted by Crippen LogP contribution is 2.45. The summed E-state index contributed by atoms with van der Waals surface area (Å²) in [6.45, 7) is 4.07. The van der Waals surface area contributed by atoms with E-state index in [1.165, 1.54) is 0 Å². The second-order valence-electron chi connectivity index (χ2n) is 9.78. The summed E-state index contributed by atoms with van der Waals surface area (Å²) in [7, 11) is -3.65. The summed E-state index contributed by atoms with van der Waals surface area (Å²) in [4.78, 5) is 4.43. The van der Waals surface area contributed by atoms with Gasteiger partial charge in [-0.05, 0) is 49.1 Å². The highest BCUT2D eigenvalue weighted by molar-refractivity contribution is 7.91. The molecule has 5 rings (SSSR count). The average molecular weight is 495 g/mol. The molecule has 1 saturated carbocycles. The molecular weight excluding hydrogens is 464 g/mol. The molecule has 35 heavy (non-hydrogen) atoms. The minimum atomic E-state index is -3.65. The highest BCUT2D eigenvalue weighted by atomic mass is 32.2. The predicted molar refractivity (Wildman–Crippen MR) is 133 cm³/mol. The molecule has 1 aromatic heterocycles. The van der Waals surface area contributed by atoms with Gasteiger partial charge < -0.3 is 14.9 Å². The number of nitrogens with one attached hydrogen (secondary N) is 1. The molecule has 3 aromatic rings. The van der Waals surface area contributed by atoms with Crippen LogP contribution in [0.4, 0.5) is 0 Å². The lowest BCUT2D eigenvalue weighted by molar-refractivity contribution is 0.0379. The maximum absolute atomic E-state index is 12.6. The van der Waals surface area contributed by atoms with E-state index < -0.39 is 27.1 Å². The van der Waals surface area contributed by atoms with E-state index in [9.17, 15) is 18.6 Å². The Morgan fingerprint density at radius 1 is 1.11 bits per heavy atom. The topological polar surface area (TPSA) is 109 Å². The quantitative estimate of drug-likeness (QED) is 0.428. The van der Waals surface area contributed by atoms with Crippen molar-refractivity contribution in [3.8, 4) is 16.9 Å². The van der Waals surface area contributed by atoms with Crippen molar-refractivity contribution >= 4 is 10.0 Å². The van der Waals surface area contributed by atoms with E-state index >= 15 is 0 Å². The summed E-state index contributed by atoms with van der Waals surface area (Å²) in [5.41, 5.74) is 3.52. The Bertz CT molecular complexity index is 1320. The van der Waals surface area contributed by atoms with Crippen LogP contribution in [0.15, 0.2) is 66.9 Å². The van der Waals surface area contributed by atoms with E-state index in [0.29, 0.717) is 41.9 Å². The van der Waals surface area contributed by atoms with E-state index in [4.69, 9.17) is 4.74 Å². The second-order valence-corrected chi connectivity index (χ2v) is 12.0. The number of hydrogen-bond acceptors (Lipinski definition) is 6. The third-order valence-electron chi connectivity index (χ3n) is 7.40. The number of sulfonamides is 1. The van der Waals surface area contributed by atoms with Gasteiger partial charge in [-0.3, -0.25) is 4.98 Å². The molecule has 1 aliphatic carbocycles. The number of aromatic nitrogens is 1. The molecule has 1 fully saturated rings. The average Bonchev–Trinajstić information content (AvgIpc) is 3.63. The summed E-state index contributed by atoms with van der Waals surface area (Å²) in [5, 5.41) is 21.9. The molecule has 3 N–H and O–H groups in total. The van der Waals surface area contributed by atoms with Gasteiger partial charge in [0.05, 0.1) is 17.5 Å². The molecule has 4 atom stereocenters. The number of fused-ring (bicyclic) bond motifs is 1. The number of aliphatic hydroxyl groups is 2. The van der Waals surface area contributed by atoms with Crippen molar-refractivity contribution in [1.29, 1.82) is 0 Å². The zero-order chi connectivity index (χ0) is 24.8. The van der Waals surface area contributed by atoms with Crippen LogP contribution in [0.3, 0.4) is 0 Å². The fraction of sp³-hybridized carbons (Fsp3) is 0.370.